The molecule has 0 aromatic rings. The highest BCUT2D eigenvalue weighted by Crippen LogP contribution is 2.31. The van der Waals surface area contributed by atoms with Crippen molar-refractivity contribution in [3.05, 3.63) is 0 Å². The number of hydrazine groups is 1. The van der Waals surface area contributed by atoms with Gasteiger partial charge in [-0.15, -0.1) is 0 Å². The fraction of sp³-hybridized carbons (Fsp3) is 1.00. The number of hydrogen-bond acceptors (Lipinski definition) is 2. The maximum Gasteiger partial charge on any atom is 0.0172 e. The van der Waals surface area contributed by atoms with E-state index >= 15 is 0 Å². The lowest BCUT2D eigenvalue weighted by molar-refractivity contribution is 0.0367. The van der Waals surface area contributed by atoms with Crippen LogP contribution in [0.3, 0.4) is 0 Å². The monoisotopic (exact) mass is 182 g/mol. The number of rotatable bonds is 3. The maximum atomic E-state index is 3.20. The molecule has 1 aliphatic heterocycles. The Balaban J connectivity index is 1.62. The summed E-state index contributed by atoms with van der Waals surface area (Å²) in [5.74, 6) is 2.06. The van der Waals surface area contributed by atoms with Gasteiger partial charge < -0.3 is 0 Å². The van der Waals surface area contributed by atoms with E-state index in [0.717, 1.165) is 11.8 Å². The van der Waals surface area contributed by atoms with Crippen molar-refractivity contribution in [2.24, 2.45) is 11.8 Å². The fourth-order valence-electron chi connectivity index (χ4n) is 2.80. The molecule has 1 N–H and O–H groups in total. The lowest BCUT2D eigenvalue weighted by Crippen LogP contribution is -2.53. The van der Waals surface area contributed by atoms with Gasteiger partial charge >= 0.3 is 0 Å². The van der Waals surface area contributed by atoms with E-state index in [1.165, 1.54) is 51.6 Å². The average Bonchev–Trinajstić information content (AvgIpc) is 2.12. The van der Waals surface area contributed by atoms with Gasteiger partial charge in [0.25, 0.3) is 0 Å². The molecule has 0 aromatic heterocycles. The topological polar surface area (TPSA) is 15.3 Å². The van der Waals surface area contributed by atoms with Crippen LogP contribution < -0.4 is 5.43 Å². The summed E-state index contributed by atoms with van der Waals surface area (Å²) in [4.78, 5) is 0. The van der Waals surface area contributed by atoms with E-state index in [1.807, 2.05) is 7.05 Å². The number of nitrogens with zero attached hydrogens (tertiary/aromatic N) is 1. The summed E-state index contributed by atoms with van der Waals surface area (Å²) in [7, 11) is 2.02. The van der Waals surface area contributed by atoms with Gasteiger partial charge in [-0.3, -0.25) is 5.43 Å². The summed E-state index contributed by atoms with van der Waals surface area (Å²) >= 11 is 0. The number of hydrogen-bond donors (Lipinski definition) is 1. The van der Waals surface area contributed by atoms with Gasteiger partial charge in [-0.1, -0.05) is 32.1 Å². The molecule has 1 aliphatic carbocycles. The van der Waals surface area contributed by atoms with Gasteiger partial charge in [0.2, 0.25) is 0 Å². The maximum absolute atomic E-state index is 3.20. The van der Waals surface area contributed by atoms with E-state index in [1.54, 1.807) is 0 Å². The van der Waals surface area contributed by atoms with Crippen LogP contribution in [0.2, 0.25) is 0 Å². The predicted molar refractivity (Wildman–Crippen MR) is 55.3 cm³/mol. The Morgan fingerprint density at radius 3 is 2.38 bits per heavy atom. The molecule has 0 radical (unpaired) electrons. The van der Waals surface area contributed by atoms with Crippen molar-refractivity contribution in [1.29, 1.82) is 0 Å². The summed E-state index contributed by atoms with van der Waals surface area (Å²) in [6.45, 7) is 2.57. The molecule has 2 fully saturated rings. The van der Waals surface area contributed by atoms with Crippen LogP contribution in [-0.2, 0) is 0 Å². The van der Waals surface area contributed by atoms with Gasteiger partial charge in [0.05, 0.1) is 0 Å². The molecule has 1 saturated heterocycles. The Bertz CT molecular complexity index is 146. The quantitative estimate of drug-likeness (QED) is 0.718. The van der Waals surface area contributed by atoms with Crippen molar-refractivity contribution >= 4 is 0 Å². The second kappa shape index (κ2) is 4.43. The lowest BCUT2D eigenvalue weighted by Gasteiger charge is -2.40. The lowest BCUT2D eigenvalue weighted by atomic mass is 9.81. The minimum atomic E-state index is 0.996. The molecule has 1 saturated carbocycles. The van der Waals surface area contributed by atoms with Crippen molar-refractivity contribution in [3.8, 4) is 0 Å². The van der Waals surface area contributed by atoms with Gasteiger partial charge in [0.15, 0.2) is 0 Å². The molecule has 0 bridgehead atoms. The molecule has 0 amide bonds. The molecular weight excluding hydrogens is 160 g/mol. The van der Waals surface area contributed by atoms with Crippen LogP contribution in [0.5, 0.6) is 0 Å². The molecule has 0 atom stereocenters. The first-order chi connectivity index (χ1) is 6.38. The summed E-state index contributed by atoms with van der Waals surface area (Å²) < 4.78 is 0. The third-order valence-corrected chi connectivity index (χ3v) is 3.66. The van der Waals surface area contributed by atoms with E-state index in [9.17, 15) is 0 Å². The highest BCUT2D eigenvalue weighted by molar-refractivity contribution is 4.80. The molecule has 0 aromatic carbocycles. The Hall–Kier alpha value is -0.0800. The summed E-state index contributed by atoms with van der Waals surface area (Å²) in [5.41, 5.74) is 3.20. The van der Waals surface area contributed by atoms with Crippen LogP contribution in [0.15, 0.2) is 0 Å². The second-order valence-electron chi connectivity index (χ2n) is 4.73. The Morgan fingerprint density at radius 2 is 1.77 bits per heavy atom. The first-order valence-electron chi connectivity index (χ1n) is 5.81. The van der Waals surface area contributed by atoms with Crippen molar-refractivity contribution in [3.63, 3.8) is 0 Å². The van der Waals surface area contributed by atoms with Gasteiger partial charge in [-0.05, 0) is 25.3 Å². The summed E-state index contributed by atoms with van der Waals surface area (Å²) in [6, 6.07) is 0. The zero-order valence-electron chi connectivity index (χ0n) is 8.76. The van der Waals surface area contributed by atoms with Gasteiger partial charge in [0, 0.05) is 13.1 Å². The minimum Gasteiger partial charge on any atom is -0.258 e. The van der Waals surface area contributed by atoms with E-state index < -0.39 is 0 Å². The van der Waals surface area contributed by atoms with E-state index in [2.05, 4.69) is 10.4 Å². The zero-order chi connectivity index (χ0) is 9.10. The van der Waals surface area contributed by atoms with Crippen LogP contribution in [-0.4, -0.2) is 25.1 Å². The van der Waals surface area contributed by atoms with E-state index in [0.29, 0.717) is 0 Å². The zero-order valence-corrected chi connectivity index (χ0v) is 8.76. The second-order valence-corrected chi connectivity index (χ2v) is 4.73. The minimum absolute atomic E-state index is 0.996. The van der Waals surface area contributed by atoms with Crippen LogP contribution in [0.4, 0.5) is 0 Å². The van der Waals surface area contributed by atoms with Crippen molar-refractivity contribution < 1.29 is 0 Å². The largest absolute Gasteiger partial charge is 0.258 e. The highest BCUT2D eigenvalue weighted by Gasteiger charge is 2.28. The molecule has 2 nitrogen and oxygen atoms in total. The Morgan fingerprint density at radius 1 is 1.08 bits per heavy atom. The van der Waals surface area contributed by atoms with Gasteiger partial charge in [0.1, 0.15) is 0 Å². The molecular formula is C11H22N2. The van der Waals surface area contributed by atoms with Crippen molar-refractivity contribution in [1.82, 2.24) is 10.4 Å². The third-order valence-electron chi connectivity index (χ3n) is 3.66. The molecule has 76 valence electrons. The first kappa shape index (κ1) is 9.47. The standard InChI is InChI=1S/C11H22N2/c1-12-13-8-11(9-13)7-10-5-3-2-4-6-10/h10-12H,2-9H2,1H3. The van der Waals surface area contributed by atoms with Gasteiger partial charge in [-0.25, -0.2) is 5.01 Å². The van der Waals surface area contributed by atoms with Crippen LogP contribution >= 0.6 is 0 Å². The van der Waals surface area contributed by atoms with Gasteiger partial charge in [-0.2, -0.15) is 0 Å². The highest BCUT2D eigenvalue weighted by atomic mass is 15.5. The molecule has 0 spiro atoms. The molecule has 0 unspecified atom stereocenters. The molecule has 2 rings (SSSR count). The van der Waals surface area contributed by atoms with Crippen LogP contribution in [0.1, 0.15) is 38.5 Å². The normalized spacial score (nSPS) is 27.5. The number of nitrogens with one attached hydrogen (secondary N) is 1. The molecule has 1 heterocycles. The SMILES string of the molecule is CNN1CC(CC2CCCCC2)C1. The smallest absolute Gasteiger partial charge is 0.0172 e. The molecule has 13 heavy (non-hydrogen) atoms. The molecule has 2 heteroatoms. The fourth-order valence-corrected chi connectivity index (χ4v) is 2.80. The Labute approximate surface area is 81.7 Å². The molecule has 2 aliphatic rings. The van der Waals surface area contributed by atoms with Crippen LogP contribution in [0.25, 0.3) is 0 Å². The summed E-state index contributed by atoms with van der Waals surface area (Å²) in [6.07, 6.45) is 8.99. The summed E-state index contributed by atoms with van der Waals surface area (Å²) in [5, 5.41) is 2.31. The van der Waals surface area contributed by atoms with E-state index in [4.69, 9.17) is 0 Å². The first-order valence-corrected chi connectivity index (χ1v) is 5.81. The van der Waals surface area contributed by atoms with Crippen molar-refractivity contribution in [2.75, 3.05) is 20.1 Å². The average molecular weight is 182 g/mol. The van der Waals surface area contributed by atoms with E-state index in [-0.39, 0.29) is 0 Å². The predicted octanol–water partition coefficient (Wildman–Crippen LogP) is 2.02. The third kappa shape index (κ3) is 2.44. The van der Waals surface area contributed by atoms with Crippen LogP contribution in [0, 0.1) is 11.8 Å². The Kier molecular flexibility index (Phi) is 3.23. The van der Waals surface area contributed by atoms with Crippen molar-refractivity contribution in [2.45, 2.75) is 38.5 Å².